The Hall–Kier alpha value is 0.160. The van der Waals surface area contributed by atoms with E-state index in [9.17, 15) is 5.11 Å². The monoisotopic (exact) mass is 482 g/mol. The van der Waals surface area contributed by atoms with Gasteiger partial charge in [-0.1, -0.05) is 18.2 Å². The van der Waals surface area contributed by atoms with Gasteiger partial charge < -0.3 is 5.11 Å². The van der Waals surface area contributed by atoms with E-state index < -0.39 is 0 Å². The molecule has 0 aliphatic carbocycles. The average molecular weight is 486 g/mol. The van der Waals surface area contributed by atoms with Crippen molar-refractivity contribution in [3.05, 3.63) is 48.2 Å². The van der Waals surface area contributed by atoms with E-state index in [4.69, 9.17) is 0 Å². The van der Waals surface area contributed by atoms with Crippen LogP contribution >= 0.6 is 63.7 Å². The molecule has 1 nitrogen and oxygen atoms in total. The Balaban J connectivity index is 2.73. The summed E-state index contributed by atoms with van der Waals surface area (Å²) in [7, 11) is 0. The molecule has 5 heteroatoms. The lowest BCUT2D eigenvalue weighted by Crippen LogP contribution is -1.85. The van der Waals surface area contributed by atoms with Gasteiger partial charge in [0.2, 0.25) is 0 Å². The van der Waals surface area contributed by atoms with E-state index in [2.05, 4.69) is 63.7 Å². The van der Waals surface area contributed by atoms with Crippen LogP contribution in [0.2, 0.25) is 0 Å². The summed E-state index contributed by atoms with van der Waals surface area (Å²) < 4.78 is 3.66. The fraction of sp³-hybridized carbons (Fsp3) is 0. The van der Waals surface area contributed by atoms with E-state index in [-0.39, 0.29) is 5.75 Å². The van der Waals surface area contributed by atoms with Gasteiger partial charge in [0.05, 0.1) is 0 Å². The van der Waals surface area contributed by atoms with Crippen LogP contribution < -0.4 is 0 Å². The minimum absolute atomic E-state index is 0.259. The van der Waals surface area contributed by atoms with Crippen LogP contribution in [0.3, 0.4) is 0 Å². The predicted molar refractivity (Wildman–Crippen MR) is 84.3 cm³/mol. The maximum Gasteiger partial charge on any atom is 0.123 e. The number of aromatic hydroxyl groups is 1. The molecule has 17 heavy (non-hydrogen) atoms. The van der Waals surface area contributed by atoms with E-state index in [0.717, 1.165) is 29.0 Å². The Kier molecular flexibility index (Phi) is 4.34. The molecule has 0 aliphatic heterocycles. The number of phenols is 1. The third kappa shape index (κ3) is 2.62. The highest BCUT2D eigenvalue weighted by molar-refractivity contribution is 9.15. The number of hydrogen-bond donors (Lipinski definition) is 1. The molecule has 0 spiro atoms. The van der Waals surface area contributed by atoms with Gasteiger partial charge >= 0.3 is 0 Å². The summed E-state index contributed by atoms with van der Waals surface area (Å²) in [6.45, 7) is 0. The number of rotatable bonds is 1. The highest BCUT2D eigenvalue weighted by atomic mass is 79.9. The topological polar surface area (TPSA) is 20.2 Å². The Bertz CT molecular complexity index is 581. The first-order valence-corrected chi connectivity index (χ1v) is 7.81. The van der Waals surface area contributed by atoms with Crippen LogP contribution in [0.5, 0.6) is 5.75 Å². The summed E-state index contributed by atoms with van der Waals surface area (Å²) in [5, 5.41) is 9.88. The third-order valence-corrected chi connectivity index (χ3v) is 6.96. The van der Waals surface area contributed by atoms with Crippen molar-refractivity contribution in [2.45, 2.75) is 0 Å². The second-order valence-corrected chi connectivity index (χ2v) is 6.60. The Morgan fingerprint density at radius 2 is 1.41 bits per heavy atom. The maximum absolute atomic E-state index is 9.88. The van der Waals surface area contributed by atoms with Crippen molar-refractivity contribution >= 4 is 63.7 Å². The number of halogens is 4. The minimum atomic E-state index is 0.259. The summed E-state index contributed by atoms with van der Waals surface area (Å²) >= 11 is 14.0. The smallest absolute Gasteiger partial charge is 0.123 e. The van der Waals surface area contributed by atoms with Crippen molar-refractivity contribution in [3.8, 4) is 16.9 Å². The molecular weight excluding hydrogens is 480 g/mol. The van der Waals surface area contributed by atoms with Gasteiger partial charge in [0.25, 0.3) is 0 Å². The fourth-order valence-electron chi connectivity index (χ4n) is 1.47. The highest BCUT2D eigenvalue weighted by Crippen LogP contribution is 2.44. The lowest BCUT2D eigenvalue weighted by molar-refractivity contribution is 0.477. The molecule has 0 unspecified atom stereocenters. The molecule has 0 bridgehead atoms. The quantitative estimate of drug-likeness (QED) is 0.382. The van der Waals surface area contributed by atoms with E-state index >= 15 is 0 Å². The van der Waals surface area contributed by atoms with Gasteiger partial charge in [0.1, 0.15) is 5.75 Å². The van der Waals surface area contributed by atoms with Crippen molar-refractivity contribution in [1.82, 2.24) is 0 Å². The van der Waals surface area contributed by atoms with Crippen molar-refractivity contribution in [1.29, 1.82) is 0 Å². The van der Waals surface area contributed by atoms with Crippen molar-refractivity contribution < 1.29 is 5.11 Å². The van der Waals surface area contributed by atoms with Crippen molar-refractivity contribution in [2.24, 2.45) is 0 Å². The largest absolute Gasteiger partial charge is 0.507 e. The average Bonchev–Trinajstić information content (AvgIpc) is 2.32. The summed E-state index contributed by atoms with van der Waals surface area (Å²) in [4.78, 5) is 0. The van der Waals surface area contributed by atoms with Gasteiger partial charge in [-0.05, 0) is 75.9 Å². The first-order chi connectivity index (χ1) is 8.02. The molecule has 0 saturated heterocycles. The molecule has 88 valence electrons. The van der Waals surface area contributed by atoms with Crippen molar-refractivity contribution in [2.75, 3.05) is 0 Å². The van der Waals surface area contributed by atoms with Crippen LogP contribution in [0.15, 0.2) is 48.2 Å². The zero-order valence-corrected chi connectivity index (χ0v) is 14.7. The van der Waals surface area contributed by atoms with E-state index in [1.54, 1.807) is 12.1 Å². The van der Waals surface area contributed by atoms with Crippen LogP contribution in [0.25, 0.3) is 11.1 Å². The zero-order valence-electron chi connectivity index (χ0n) is 8.35. The van der Waals surface area contributed by atoms with Gasteiger partial charge in [0.15, 0.2) is 0 Å². The molecule has 0 atom stereocenters. The molecule has 2 aromatic carbocycles. The van der Waals surface area contributed by atoms with Crippen LogP contribution in [0.1, 0.15) is 0 Å². The first kappa shape index (κ1) is 13.6. The lowest BCUT2D eigenvalue weighted by Gasteiger charge is -2.11. The predicted octanol–water partition coefficient (Wildman–Crippen LogP) is 6.11. The summed E-state index contributed by atoms with van der Waals surface area (Å²) in [5.41, 5.74) is 1.71. The Labute approximate surface area is 133 Å². The minimum Gasteiger partial charge on any atom is -0.507 e. The van der Waals surface area contributed by atoms with Gasteiger partial charge in [-0.25, -0.2) is 0 Å². The molecule has 0 radical (unpaired) electrons. The van der Waals surface area contributed by atoms with Crippen LogP contribution in [-0.2, 0) is 0 Å². The van der Waals surface area contributed by atoms with Gasteiger partial charge in [-0.15, -0.1) is 0 Å². The Morgan fingerprint density at radius 3 is 2.06 bits per heavy atom. The molecule has 2 aromatic rings. The number of phenolic OH excluding ortho intramolecular Hbond substituents is 1. The SMILES string of the molecule is Oc1ccccc1-c1cc(Br)c(Br)c(Br)c1Br. The molecule has 0 aromatic heterocycles. The molecule has 0 heterocycles. The second-order valence-electron chi connectivity index (χ2n) is 3.37. The van der Waals surface area contributed by atoms with Gasteiger partial charge in [-0.3, -0.25) is 0 Å². The van der Waals surface area contributed by atoms with Crippen LogP contribution in [0.4, 0.5) is 0 Å². The van der Waals surface area contributed by atoms with E-state index in [1.165, 1.54) is 0 Å². The standard InChI is InChI=1S/C12H6Br4O/c13-8-5-7(10(14)12(16)11(8)15)6-3-1-2-4-9(6)17/h1-5,17H. The van der Waals surface area contributed by atoms with Gasteiger partial charge in [0, 0.05) is 29.0 Å². The molecule has 0 amide bonds. The maximum atomic E-state index is 9.88. The van der Waals surface area contributed by atoms with Crippen LogP contribution in [0, 0.1) is 0 Å². The third-order valence-electron chi connectivity index (χ3n) is 2.30. The molecule has 0 fully saturated rings. The molecule has 1 N–H and O–H groups in total. The number of hydrogen-bond acceptors (Lipinski definition) is 1. The van der Waals surface area contributed by atoms with E-state index in [0.29, 0.717) is 0 Å². The second kappa shape index (κ2) is 5.43. The number of para-hydroxylation sites is 1. The molecule has 0 saturated carbocycles. The lowest BCUT2D eigenvalue weighted by atomic mass is 10.1. The number of benzene rings is 2. The molecular formula is C12H6Br4O. The fourth-order valence-corrected chi connectivity index (χ4v) is 3.70. The summed E-state index contributed by atoms with van der Waals surface area (Å²) in [5.74, 6) is 0.259. The van der Waals surface area contributed by atoms with Gasteiger partial charge in [-0.2, -0.15) is 0 Å². The van der Waals surface area contributed by atoms with Crippen LogP contribution in [-0.4, -0.2) is 5.11 Å². The first-order valence-electron chi connectivity index (χ1n) is 4.63. The summed E-state index contributed by atoms with van der Waals surface area (Å²) in [6, 6.07) is 9.20. The zero-order chi connectivity index (χ0) is 12.6. The van der Waals surface area contributed by atoms with E-state index in [1.807, 2.05) is 18.2 Å². The van der Waals surface area contributed by atoms with Crippen molar-refractivity contribution in [3.63, 3.8) is 0 Å². The highest BCUT2D eigenvalue weighted by Gasteiger charge is 2.14. The normalized spacial score (nSPS) is 10.6. The molecule has 2 rings (SSSR count). The summed E-state index contributed by atoms with van der Waals surface area (Å²) in [6.07, 6.45) is 0. The Morgan fingerprint density at radius 1 is 0.765 bits per heavy atom. The molecule has 0 aliphatic rings.